The van der Waals surface area contributed by atoms with Crippen molar-refractivity contribution in [3.63, 3.8) is 0 Å². The molecule has 2 aromatic heterocycles. The minimum Gasteiger partial charge on any atom is -0.370 e. The second-order valence-electron chi connectivity index (χ2n) is 6.61. The van der Waals surface area contributed by atoms with Gasteiger partial charge in [-0.3, -0.25) is 14.2 Å². The molecule has 5 rings (SSSR count). The van der Waals surface area contributed by atoms with E-state index in [-0.39, 0.29) is 23.8 Å². The van der Waals surface area contributed by atoms with E-state index in [9.17, 15) is 9.59 Å². The molecule has 0 bridgehead atoms. The van der Waals surface area contributed by atoms with Gasteiger partial charge in [0.1, 0.15) is 24.0 Å². The van der Waals surface area contributed by atoms with Gasteiger partial charge in [0.05, 0.1) is 12.3 Å². The molecule has 1 saturated heterocycles. The van der Waals surface area contributed by atoms with Crippen LogP contribution in [0.15, 0.2) is 70.2 Å². The molecule has 4 aromatic rings. The number of carbonyl (C=O) groups excluding carboxylic acids is 1. The second kappa shape index (κ2) is 6.99. The van der Waals surface area contributed by atoms with Gasteiger partial charge in [-0.1, -0.05) is 35.5 Å². The van der Waals surface area contributed by atoms with E-state index in [0.717, 1.165) is 11.3 Å². The van der Waals surface area contributed by atoms with E-state index in [1.54, 1.807) is 29.2 Å². The number of amides is 1. The molecule has 0 aliphatic carbocycles. The van der Waals surface area contributed by atoms with Gasteiger partial charge in [0, 0.05) is 17.8 Å². The van der Waals surface area contributed by atoms with Crippen molar-refractivity contribution >= 4 is 22.7 Å². The first kappa shape index (κ1) is 17.3. The van der Waals surface area contributed by atoms with Crippen molar-refractivity contribution in [2.45, 2.75) is 0 Å². The topological polar surface area (TPSA) is 90.5 Å². The lowest BCUT2D eigenvalue weighted by Crippen LogP contribution is -2.41. The van der Waals surface area contributed by atoms with Crippen molar-refractivity contribution in [1.29, 1.82) is 0 Å². The molecule has 144 valence electrons. The third-order valence-corrected chi connectivity index (χ3v) is 4.87. The van der Waals surface area contributed by atoms with Gasteiger partial charge in [-0.2, -0.15) is 0 Å². The first-order valence-corrected chi connectivity index (χ1v) is 9.13. The van der Waals surface area contributed by atoms with Gasteiger partial charge >= 0.3 is 0 Å². The molecule has 0 atom stereocenters. The van der Waals surface area contributed by atoms with Gasteiger partial charge < -0.3 is 14.2 Å². The van der Waals surface area contributed by atoms with Crippen LogP contribution in [0.1, 0.15) is 0 Å². The Bertz CT molecular complexity index is 1250. The zero-order valence-corrected chi connectivity index (χ0v) is 15.3. The van der Waals surface area contributed by atoms with Gasteiger partial charge in [-0.15, -0.1) is 0 Å². The first-order chi connectivity index (χ1) is 14.2. The number of ether oxygens (including phenoxy) is 1. The van der Waals surface area contributed by atoms with Gasteiger partial charge in [0.15, 0.2) is 0 Å². The van der Waals surface area contributed by atoms with E-state index in [4.69, 9.17) is 9.26 Å². The third kappa shape index (κ3) is 2.99. The predicted octanol–water partition coefficient (Wildman–Crippen LogP) is 2.40. The normalized spacial score (nSPS) is 14.5. The van der Waals surface area contributed by atoms with Crippen molar-refractivity contribution in [2.75, 3.05) is 24.7 Å². The number of hydrogen-bond donors (Lipinski definition) is 0. The summed E-state index contributed by atoms with van der Waals surface area (Å²) in [7, 11) is 0. The summed E-state index contributed by atoms with van der Waals surface area (Å²) in [5, 5.41) is 4.36. The van der Waals surface area contributed by atoms with E-state index in [2.05, 4.69) is 10.1 Å². The molecule has 0 spiro atoms. The van der Waals surface area contributed by atoms with Crippen molar-refractivity contribution in [1.82, 2.24) is 14.7 Å². The van der Waals surface area contributed by atoms with E-state index < -0.39 is 0 Å². The Kier molecular flexibility index (Phi) is 4.18. The number of carbonyl (C=O) groups is 1. The molecule has 29 heavy (non-hydrogen) atoms. The largest absolute Gasteiger partial charge is 0.370 e. The summed E-state index contributed by atoms with van der Waals surface area (Å²) < 4.78 is 11.9. The second-order valence-corrected chi connectivity index (χ2v) is 6.61. The average Bonchev–Trinajstić information content (AvgIpc) is 3.20. The lowest BCUT2D eigenvalue weighted by atomic mass is 10.1. The van der Waals surface area contributed by atoms with E-state index in [0.29, 0.717) is 29.9 Å². The highest BCUT2D eigenvalue weighted by Crippen LogP contribution is 2.25. The van der Waals surface area contributed by atoms with Gasteiger partial charge in [0.25, 0.3) is 17.2 Å². The van der Waals surface area contributed by atoms with Crippen molar-refractivity contribution in [2.24, 2.45) is 0 Å². The summed E-state index contributed by atoms with van der Waals surface area (Å²) in [6, 6.07) is 16.5. The Morgan fingerprint density at radius 2 is 1.69 bits per heavy atom. The van der Waals surface area contributed by atoms with Crippen LogP contribution in [0.5, 0.6) is 0 Å². The number of anilines is 1. The van der Waals surface area contributed by atoms with Crippen LogP contribution in [0.25, 0.3) is 28.0 Å². The highest BCUT2D eigenvalue weighted by Gasteiger charge is 2.21. The zero-order chi connectivity index (χ0) is 19.8. The summed E-state index contributed by atoms with van der Waals surface area (Å²) in [4.78, 5) is 31.1. The average molecular weight is 388 g/mol. The van der Waals surface area contributed by atoms with Crippen LogP contribution in [0, 0.1) is 0 Å². The van der Waals surface area contributed by atoms with Crippen molar-refractivity contribution in [3.05, 3.63) is 71.3 Å². The number of fused-ring (bicyclic) bond motifs is 1. The molecule has 1 amide bonds. The van der Waals surface area contributed by atoms with E-state index >= 15 is 0 Å². The third-order valence-electron chi connectivity index (χ3n) is 4.87. The number of rotatable bonds is 3. The standard InChI is InChI=1S/C21H16N4O4/c26-17-12-28-11-10-24(17)15-6-8-16(9-7-15)25-13-22-20-18(21(25)27)19(23-29-20)14-4-2-1-3-5-14/h1-9,13H,10-12H2. The van der Waals surface area contributed by atoms with Crippen molar-refractivity contribution in [3.8, 4) is 16.9 Å². The van der Waals surface area contributed by atoms with Crippen LogP contribution in [-0.4, -0.2) is 40.4 Å². The number of morpholine rings is 1. The molecule has 1 aliphatic heterocycles. The van der Waals surface area contributed by atoms with E-state index in [1.807, 2.05) is 30.3 Å². The fourth-order valence-electron chi connectivity index (χ4n) is 3.41. The summed E-state index contributed by atoms with van der Waals surface area (Å²) in [5.74, 6) is -0.0822. The number of nitrogens with zero attached hydrogens (tertiary/aromatic N) is 4. The molecule has 0 radical (unpaired) electrons. The van der Waals surface area contributed by atoms with Crippen LogP contribution in [-0.2, 0) is 9.53 Å². The number of hydrogen-bond acceptors (Lipinski definition) is 6. The van der Waals surface area contributed by atoms with Gasteiger partial charge in [-0.25, -0.2) is 4.98 Å². The number of aromatic nitrogens is 3. The fourth-order valence-corrected chi connectivity index (χ4v) is 3.41. The Labute approximate surface area is 164 Å². The molecular weight excluding hydrogens is 372 g/mol. The van der Waals surface area contributed by atoms with Gasteiger partial charge in [0.2, 0.25) is 0 Å². The molecular formula is C21H16N4O4. The zero-order valence-electron chi connectivity index (χ0n) is 15.3. The van der Waals surface area contributed by atoms with Crippen molar-refractivity contribution < 1.29 is 14.1 Å². The molecule has 0 unspecified atom stereocenters. The maximum Gasteiger partial charge on any atom is 0.271 e. The van der Waals surface area contributed by atoms with Gasteiger partial charge in [-0.05, 0) is 24.3 Å². The van der Waals surface area contributed by atoms with E-state index in [1.165, 1.54) is 10.9 Å². The maximum atomic E-state index is 13.2. The van der Waals surface area contributed by atoms with Crippen LogP contribution in [0.4, 0.5) is 5.69 Å². The Morgan fingerprint density at radius 3 is 2.45 bits per heavy atom. The lowest BCUT2D eigenvalue weighted by Gasteiger charge is -2.26. The molecule has 0 N–H and O–H groups in total. The summed E-state index contributed by atoms with van der Waals surface area (Å²) in [5.41, 5.74) is 2.56. The summed E-state index contributed by atoms with van der Waals surface area (Å²) in [6.07, 6.45) is 1.42. The van der Waals surface area contributed by atoms with Crippen LogP contribution in [0.2, 0.25) is 0 Å². The predicted molar refractivity (Wildman–Crippen MR) is 106 cm³/mol. The highest BCUT2D eigenvalue weighted by atomic mass is 16.5. The molecule has 8 heteroatoms. The molecule has 1 aliphatic rings. The minimum atomic E-state index is -0.273. The maximum absolute atomic E-state index is 13.2. The SMILES string of the molecule is O=C1COCCN1c1ccc(-n2cnc3onc(-c4ccccc4)c3c2=O)cc1. The molecule has 3 heterocycles. The van der Waals surface area contributed by atoms with Crippen LogP contribution < -0.4 is 10.5 Å². The molecule has 1 fully saturated rings. The lowest BCUT2D eigenvalue weighted by molar-refractivity contribution is -0.125. The first-order valence-electron chi connectivity index (χ1n) is 9.13. The molecule has 2 aromatic carbocycles. The Balaban J connectivity index is 1.56. The Morgan fingerprint density at radius 1 is 0.931 bits per heavy atom. The number of benzene rings is 2. The van der Waals surface area contributed by atoms with Crippen LogP contribution >= 0.6 is 0 Å². The smallest absolute Gasteiger partial charge is 0.271 e. The summed E-state index contributed by atoms with van der Waals surface area (Å²) in [6.45, 7) is 1.09. The van der Waals surface area contributed by atoms with Crippen LogP contribution in [0.3, 0.4) is 0 Å². The highest BCUT2D eigenvalue weighted by molar-refractivity contribution is 5.95. The fraction of sp³-hybridized carbons (Fsp3) is 0.143. The Hall–Kier alpha value is -3.78. The molecule has 0 saturated carbocycles. The monoisotopic (exact) mass is 388 g/mol. The quantitative estimate of drug-likeness (QED) is 0.535. The summed E-state index contributed by atoms with van der Waals surface area (Å²) >= 11 is 0. The molecule has 8 nitrogen and oxygen atoms in total. The minimum absolute atomic E-state index is 0.0809.